The third kappa shape index (κ3) is 6.42. The Balaban J connectivity index is 3.59. The molecule has 0 aromatic carbocycles. The predicted molar refractivity (Wildman–Crippen MR) is 54.6 cm³/mol. The first-order valence-electron chi connectivity index (χ1n) is 4.87. The zero-order valence-corrected chi connectivity index (χ0v) is 8.80. The van der Waals surface area contributed by atoms with Crippen LogP contribution in [0.25, 0.3) is 0 Å². The van der Waals surface area contributed by atoms with E-state index < -0.39 is 5.91 Å². The minimum absolute atomic E-state index is 0.0301. The predicted octanol–water partition coefficient (Wildman–Crippen LogP) is -0.634. The summed E-state index contributed by atoms with van der Waals surface area (Å²) in [6.45, 7) is 4.46. The van der Waals surface area contributed by atoms with E-state index in [4.69, 9.17) is 5.73 Å². The van der Waals surface area contributed by atoms with Gasteiger partial charge in [0, 0.05) is 6.54 Å². The molecule has 0 bridgehead atoms. The highest BCUT2D eigenvalue weighted by Gasteiger charge is 2.11. The maximum Gasteiger partial charge on any atom is 0.236 e. The van der Waals surface area contributed by atoms with Gasteiger partial charge in [0.05, 0.1) is 12.6 Å². The number of nitrogens with two attached hydrogens (primary N) is 1. The summed E-state index contributed by atoms with van der Waals surface area (Å²) in [6, 6.07) is -0.376. The topological polar surface area (TPSA) is 84.2 Å². The molecule has 82 valence electrons. The molecule has 0 aliphatic rings. The number of rotatable bonds is 7. The summed E-state index contributed by atoms with van der Waals surface area (Å²) in [5.41, 5.74) is 4.93. The van der Waals surface area contributed by atoms with Gasteiger partial charge in [0.1, 0.15) is 0 Å². The number of hydrogen-bond donors (Lipinski definition) is 3. The van der Waals surface area contributed by atoms with Crippen molar-refractivity contribution in [1.29, 1.82) is 0 Å². The van der Waals surface area contributed by atoms with Gasteiger partial charge >= 0.3 is 0 Å². The van der Waals surface area contributed by atoms with Crippen molar-refractivity contribution in [1.82, 2.24) is 10.6 Å². The molecule has 0 fully saturated rings. The zero-order valence-electron chi connectivity index (χ0n) is 8.80. The molecule has 0 saturated heterocycles. The van der Waals surface area contributed by atoms with Crippen LogP contribution >= 0.6 is 0 Å². The summed E-state index contributed by atoms with van der Waals surface area (Å²) in [6.07, 6.45) is 2.01. The summed E-state index contributed by atoms with van der Waals surface area (Å²) in [5, 5.41) is 5.48. The number of primary amides is 1. The minimum atomic E-state index is -0.460. The van der Waals surface area contributed by atoms with Crippen molar-refractivity contribution in [3.8, 4) is 0 Å². The molecule has 5 heteroatoms. The molecule has 4 N–H and O–H groups in total. The van der Waals surface area contributed by atoms with E-state index in [-0.39, 0.29) is 18.5 Å². The van der Waals surface area contributed by atoms with Gasteiger partial charge in [-0.25, -0.2) is 0 Å². The van der Waals surface area contributed by atoms with Gasteiger partial charge in [-0.2, -0.15) is 0 Å². The standard InChI is InChI=1S/C9H19N3O2/c1-3-4-5-11-9(14)7(2)12-6-8(10)13/h7,12H,3-6H2,1-2H3,(H2,10,13)(H,11,14). The Morgan fingerprint density at radius 3 is 2.57 bits per heavy atom. The molecule has 0 saturated carbocycles. The second-order valence-electron chi connectivity index (χ2n) is 3.21. The van der Waals surface area contributed by atoms with Gasteiger partial charge in [-0.1, -0.05) is 13.3 Å². The quantitative estimate of drug-likeness (QED) is 0.479. The first-order chi connectivity index (χ1) is 6.57. The van der Waals surface area contributed by atoms with Crippen molar-refractivity contribution in [3.05, 3.63) is 0 Å². The maximum atomic E-state index is 11.3. The fourth-order valence-electron chi connectivity index (χ4n) is 0.888. The fourth-order valence-corrected chi connectivity index (χ4v) is 0.888. The molecule has 0 aromatic heterocycles. The highest BCUT2D eigenvalue weighted by Crippen LogP contribution is 1.85. The Hall–Kier alpha value is -1.10. The van der Waals surface area contributed by atoms with E-state index >= 15 is 0 Å². The van der Waals surface area contributed by atoms with Crippen molar-refractivity contribution in [2.75, 3.05) is 13.1 Å². The Morgan fingerprint density at radius 1 is 1.43 bits per heavy atom. The number of amides is 2. The third-order valence-corrected chi connectivity index (χ3v) is 1.81. The molecule has 0 aliphatic carbocycles. The van der Waals surface area contributed by atoms with Crippen LogP contribution in [0.5, 0.6) is 0 Å². The van der Waals surface area contributed by atoms with Crippen LogP contribution in [0.3, 0.4) is 0 Å². The average Bonchev–Trinajstić information content (AvgIpc) is 2.14. The number of unbranched alkanes of at least 4 members (excludes halogenated alkanes) is 1. The summed E-state index contributed by atoms with van der Waals surface area (Å²) < 4.78 is 0. The van der Waals surface area contributed by atoms with E-state index in [9.17, 15) is 9.59 Å². The molecular weight excluding hydrogens is 182 g/mol. The van der Waals surface area contributed by atoms with Gasteiger partial charge in [-0.3, -0.25) is 14.9 Å². The molecule has 2 amide bonds. The van der Waals surface area contributed by atoms with Crippen molar-refractivity contribution >= 4 is 11.8 Å². The number of hydrogen-bond acceptors (Lipinski definition) is 3. The molecule has 0 radical (unpaired) electrons. The lowest BCUT2D eigenvalue weighted by Crippen LogP contribution is -2.45. The Morgan fingerprint density at radius 2 is 2.07 bits per heavy atom. The fraction of sp³-hybridized carbons (Fsp3) is 0.778. The highest BCUT2D eigenvalue weighted by atomic mass is 16.2. The average molecular weight is 201 g/mol. The Kier molecular flexibility index (Phi) is 6.74. The molecule has 0 aromatic rings. The van der Waals surface area contributed by atoms with Crippen LogP contribution in [-0.2, 0) is 9.59 Å². The second-order valence-corrected chi connectivity index (χ2v) is 3.21. The third-order valence-electron chi connectivity index (χ3n) is 1.81. The van der Waals surface area contributed by atoms with Crippen molar-refractivity contribution in [2.24, 2.45) is 5.73 Å². The SMILES string of the molecule is CCCCNC(=O)C(C)NCC(N)=O. The van der Waals surface area contributed by atoms with E-state index in [0.29, 0.717) is 6.54 Å². The van der Waals surface area contributed by atoms with E-state index in [2.05, 4.69) is 17.6 Å². The van der Waals surface area contributed by atoms with Gasteiger partial charge in [0.2, 0.25) is 11.8 Å². The summed E-state index contributed by atoms with van der Waals surface area (Å²) in [5.74, 6) is -0.557. The van der Waals surface area contributed by atoms with Gasteiger partial charge < -0.3 is 11.1 Å². The monoisotopic (exact) mass is 201 g/mol. The lowest BCUT2D eigenvalue weighted by molar-refractivity contribution is -0.123. The van der Waals surface area contributed by atoms with E-state index in [1.165, 1.54) is 0 Å². The van der Waals surface area contributed by atoms with Crippen molar-refractivity contribution in [3.63, 3.8) is 0 Å². The highest BCUT2D eigenvalue weighted by molar-refractivity contribution is 5.82. The van der Waals surface area contributed by atoms with Gasteiger partial charge in [0.15, 0.2) is 0 Å². The van der Waals surface area contributed by atoms with Crippen LogP contribution in [-0.4, -0.2) is 30.9 Å². The lowest BCUT2D eigenvalue weighted by atomic mass is 10.3. The first kappa shape index (κ1) is 12.9. The van der Waals surface area contributed by atoms with E-state index in [0.717, 1.165) is 12.8 Å². The number of nitrogens with one attached hydrogen (secondary N) is 2. The van der Waals surface area contributed by atoms with Crippen LogP contribution in [0, 0.1) is 0 Å². The van der Waals surface area contributed by atoms with Crippen molar-refractivity contribution < 1.29 is 9.59 Å². The van der Waals surface area contributed by atoms with Gasteiger partial charge in [-0.05, 0) is 13.3 Å². The van der Waals surface area contributed by atoms with Crippen LogP contribution in [0.4, 0.5) is 0 Å². The van der Waals surface area contributed by atoms with Crippen LogP contribution in [0.2, 0.25) is 0 Å². The lowest BCUT2D eigenvalue weighted by Gasteiger charge is -2.12. The molecular formula is C9H19N3O2. The van der Waals surface area contributed by atoms with Gasteiger partial charge in [-0.15, -0.1) is 0 Å². The van der Waals surface area contributed by atoms with E-state index in [1.807, 2.05) is 0 Å². The molecule has 5 nitrogen and oxygen atoms in total. The summed E-state index contributed by atoms with van der Waals surface area (Å²) >= 11 is 0. The van der Waals surface area contributed by atoms with Gasteiger partial charge in [0.25, 0.3) is 0 Å². The maximum absolute atomic E-state index is 11.3. The normalized spacial score (nSPS) is 12.1. The minimum Gasteiger partial charge on any atom is -0.369 e. The van der Waals surface area contributed by atoms with Crippen LogP contribution < -0.4 is 16.4 Å². The smallest absolute Gasteiger partial charge is 0.236 e. The molecule has 0 heterocycles. The molecule has 0 spiro atoms. The second kappa shape index (κ2) is 7.32. The first-order valence-corrected chi connectivity index (χ1v) is 4.87. The van der Waals surface area contributed by atoms with Crippen LogP contribution in [0.1, 0.15) is 26.7 Å². The van der Waals surface area contributed by atoms with Crippen LogP contribution in [0.15, 0.2) is 0 Å². The van der Waals surface area contributed by atoms with E-state index in [1.54, 1.807) is 6.92 Å². The molecule has 14 heavy (non-hydrogen) atoms. The van der Waals surface area contributed by atoms with Crippen molar-refractivity contribution in [2.45, 2.75) is 32.7 Å². The largest absolute Gasteiger partial charge is 0.369 e. The Labute approximate surface area is 84.4 Å². The molecule has 0 rings (SSSR count). The zero-order chi connectivity index (χ0) is 11.0. The number of carbonyl (C=O) groups excluding carboxylic acids is 2. The Bertz CT molecular complexity index is 194. The summed E-state index contributed by atoms with van der Waals surface area (Å²) in [4.78, 5) is 21.7. The number of carbonyl (C=O) groups is 2. The molecule has 1 atom stereocenters. The molecule has 1 unspecified atom stereocenters. The molecule has 0 aliphatic heterocycles. The summed E-state index contributed by atoms with van der Waals surface area (Å²) in [7, 11) is 0.